The zero-order valence-electron chi connectivity index (χ0n) is 14.5. The molecule has 0 N–H and O–H groups in total. The molecule has 0 radical (unpaired) electrons. The second-order valence-electron chi connectivity index (χ2n) is 6.68. The van der Waals surface area contributed by atoms with E-state index in [2.05, 4.69) is 10.2 Å². The van der Waals surface area contributed by atoms with Crippen molar-refractivity contribution in [1.82, 2.24) is 19.7 Å². The van der Waals surface area contributed by atoms with Gasteiger partial charge >= 0.3 is 0 Å². The van der Waals surface area contributed by atoms with Crippen molar-refractivity contribution in [3.8, 4) is 0 Å². The molecule has 1 aromatic heterocycles. The van der Waals surface area contributed by atoms with Crippen molar-refractivity contribution in [2.75, 3.05) is 6.54 Å². The van der Waals surface area contributed by atoms with Crippen LogP contribution in [0.25, 0.3) is 0 Å². The molecule has 1 saturated heterocycles. The van der Waals surface area contributed by atoms with Gasteiger partial charge in [0.1, 0.15) is 6.33 Å². The van der Waals surface area contributed by atoms with E-state index in [1.165, 1.54) is 11.2 Å². The van der Waals surface area contributed by atoms with Crippen LogP contribution in [-0.2, 0) is 6.54 Å². The Hall–Kier alpha value is -3.09. The number of rotatable bonds is 4. The number of likely N-dealkylation sites (tertiary alicyclic amines) is 1. The predicted molar refractivity (Wildman–Crippen MR) is 95.3 cm³/mol. The third-order valence-corrected chi connectivity index (χ3v) is 4.69. The lowest BCUT2D eigenvalue weighted by Crippen LogP contribution is -2.34. The number of hydrogen-bond acceptors (Lipinski definition) is 3. The second-order valence-corrected chi connectivity index (χ2v) is 6.68. The first-order valence-corrected chi connectivity index (χ1v) is 8.69. The molecular formula is C20H18F2N4O. The Morgan fingerprint density at radius 3 is 2.44 bits per heavy atom. The highest BCUT2D eigenvalue weighted by Gasteiger charge is 2.49. The zero-order valence-corrected chi connectivity index (χ0v) is 14.5. The number of halogens is 2. The monoisotopic (exact) mass is 368 g/mol. The van der Waals surface area contributed by atoms with Crippen molar-refractivity contribution >= 4 is 5.91 Å². The maximum absolute atomic E-state index is 14.2. The van der Waals surface area contributed by atoms with Crippen LogP contribution in [0, 0.1) is 0 Å². The molecule has 1 atom stereocenters. The summed E-state index contributed by atoms with van der Waals surface area (Å²) in [5, 5.41) is 7.98. The predicted octanol–water partition coefficient (Wildman–Crippen LogP) is 3.55. The van der Waals surface area contributed by atoms with E-state index in [9.17, 15) is 13.6 Å². The van der Waals surface area contributed by atoms with Gasteiger partial charge in [-0.1, -0.05) is 48.5 Å². The number of alkyl halides is 2. The summed E-state index contributed by atoms with van der Waals surface area (Å²) in [5.74, 6) is -3.01. The van der Waals surface area contributed by atoms with E-state index in [-0.39, 0.29) is 0 Å². The van der Waals surface area contributed by atoms with Gasteiger partial charge < -0.3 is 9.47 Å². The number of carbonyl (C=O) groups excluding carboxylic acids is 1. The first-order chi connectivity index (χ1) is 13.0. The Morgan fingerprint density at radius 1 is 1.07 bits per heavy atom. The number of benzene rings is 2. The molecule has 1 amide bonds. The largest absolute Gasteiger partial charge is 0.322 e. The Bertz CT molecular complexity index is 927. The fourth-order valence-corrected chi connectivity index (χ4v) is 3.43. The van der Waals surface area contributed by atoms with Crippen molar-refractivity contribution in [1.29, 1.82) is 0 Å². The molecule has 3 aromatic rings. The maximum Gasteiger partial charge on any atom is 0.267 e. The summed E-state index contributed by atoms with van der Waals surface area (Å²) < 4.78 is 30.2. The third-order valence-electron chi connectivity index (χ3n) is 4.69. The fraction of sp³-hybridized carbons (Fsp3) is 0.250. The maximum atomic E-state index is 14.2. The van der Waals surface area contributed by atoms with Gasteiger partial charge in [0.15, 0.2) is 5.82 Å². The molecule has 4 rings (SSSR count). The third kappa shape index (κ3) is 3.58. The summed E-state index contributed by atoms with van der Waals surface area (Å²) >= 11 is 0. The minimum absolute atomic E-state index is 0.375. The lowest BCUT2D eigenvalue weighted by Gasteiger charge is -2.24. The summed E-state index contributed by atoms with van der Waals surface area (Å²) in [4.78, 5) is 14.1. The Balaban J connectivity index is 1.65. The number of amides is 1. The van der Waals surface area contributed by atoms with Crippen LogP contribution in [0.4, 0.5) is 8.78 Å². The van der Waals surface area contributed by atoms with Gasteiger partial charge in [-0.25, -0.2) is 8.78 Å². The van der Waals surface area contributed by atoms with Gasteiger partial charge in [0.05, 0.1) is 19.1 Å². The number of nitrogens with zero attached hydrogens (tertiary/aromatic N) is 4. The normalized spacial score (nSPS) is 18.6. The molecule has 0 aliphatic carbocycles. The molecule has 1 fully saturated rings. The average molecular weight is 368 g/mol. The fourth-order valence-electron chi connectivity index (χ4n) is 3.43. The Labute approximate surface area is 155 Å². The number of aromatic nitrogens is 3. The highest BCUT2D eigenvalue weighted by atomic mass is 19.3. The van der Waals surface area contributed by atoms with Crippen LogP contribution in [0.15, 0.2) is 67.0 Å². The van der Waals surface area contributed by atoms with Crippen molar-refractivity contribution in [2.24, 2.45) is 0 Å². The van der Waals surface area contributed by atoms with E-state index in [1.54, 1.807) is 34.9 Å². The molecule has 138 valence electrons. The van der Waals surface area contributed by atoms with Gasteiger partial charge in [-0.05, 0) is 17.7 Å². The molecule has 0 spiro atoms. The van der Waals surface area contributed by atoms with Crippen molar-refractivity contribution in [3.05, 3.63) is 83.9 Å². The van der Waals surface area contributed by atoms with Crippen LogP contribution in [0.1, 0.15) is 34.2 Å². The molecule has 1 aliphatic heterocycles. The highest BCUT2D eigenvalue weighted by molar-refractivity contribution is 5.94. The molecular weight excluding hydrogens is 350 g/mol. The summed E-state index contributed by atoms with van der Waals surface area (Å²) in [6.45, 7) is -0.164. The zero-order chi connectivity index (χ0) is 18.9. The lowest BCUT2D eigenvalue weighted by atomic mass is 10.1. The van der Waals surface area contributed by atoms with E-state index in [1.807, 2.05) is 30.3 Å². The quantitative estimate of drug-likeness (QED) is 0.708. The van der Waals surface area contributed by atoms with Crippen LogP contribution in [0.5, 0.6) is 0 Å². The van der Waals surface area contributed by atoms with Gasteiger partial charge in [0.2, 0.25) is 0 Å². The smallest absolute Gasteiger partial charge is 0.267 e. The molecule has 5 nitrogen and oxygen atoms in total. The van der Waals surface area contributed by atoms with Gasteiger partial charge in [-0.3, -0.25) is 4.79 Å². The molecule has 27 heavy (non-hydrogen) atoms. The summed E-state index contributed by atoms with van der Waals surface area (Å²) in [6, 6.07) is 17.3. The van der Waals surface area contributed by atoms with Crippen LogP contribution < -0.4 is 0 Å². The van der Waals surface area contributed by atoms with Crippen molar-refractivity contribution < 1.29 is 13.6 Å². The molecule has 1 unspecified atom stereocenters. The summed E-state index contributed by atoms with van der Waals surface area (Å²) in [7, 11) is 0. The van der Waals surface area contributed by atoms with Gasteiger partial charge in [0.25, 0.3) is 11.8 Å². The second kappa shape index (κ2) is 6.90. The van der Waals surface area contributed by atoms with E-state index in [0.29, 0.717) is 17.9 Å². The topological polar surface area (TPSA) is 51.0 Å². The molecule has 7 heteroatoms. The standard InChI is InChI=1S/C20H18F2N4O/c21-20(22)11-17(26(13-20)19(27)16-9-5-2-6-10-16)18-24-23-14-25(18)12-15-7-3-1-4-8-15/h1-10,14,17H,11-13H2. The first kappa shape index (κ1) is 17.3. The first-order valence-electron chi connectivity index (χ1n) is 8.69. The number of hydrogen-bond donors (Lipinski definition) is 0. The van der Waals surface area contributed by atoms with Crippen LogP contribution >= 0.6 is 0 Å². The van der Waals surface area contributed by atoms with Crippen LogP contribution in [0.2, 0.25) is 0 Å². The molecule has 0 bridgehead atoms. The molecule has 0 saturated carbocycles. The van der Waals surface area contributed by atoms with E-state index < -0.39 is 30.8 Å². The van der Waals surface area contributed by atoms with Crippen LogP contribution in [0.3, 0.4) is 0 Å². The molecule has 2 heterocycles. The average Bonchev–Trinajstić information content (AvgIpc) is 3.26. The van der Waals surface area contributed by atoms with Gasteiger partial charge in [-0.15, -0.1) is 10.2 Å². The van der Waals surface area contributed by atoms with Gasteiger partial charge in [-0.2, -0.15) is 0 Å². The molecule has 1 aliphatic rings. The highest BCUT2D eigenvalue weighted by Crippen LogP contribution is 2.41. The molecule has 2 aromatic carbocycles. The van der Waals surface area contributed by atoms with E-state index >= 15 is 0 Å². The van der Waals surface area contributed by atoms with Crippen molar-refractivity contribution in [3.63, 3.8) is 0 Å². The Kier molecular flexibility index (Phi) is 4.43. The number of carbonyl (C=O) groups is 1. The van der Waals surface area contributed by atoms with Crippen molar-refractivity contribution in [2.45, 2.75) is 24.9 Å². The van der Waals surface area contributed by atoms with E-state index in [4.69, 9.17) is 0 Å². The summed E-state index contributed by atoms with van der Waals surface area (Å²) in [6.07, 6.45) is 1.06. The lowest BCUT2D eigenvalue weighted by molar-refractivity contribution is 0.0117. The van der Waals surface area contributed by atoms with Gasteiger partial charge in [0, 0.05) is 12.0 Å². The minimum atomic E-state index is -2.96. The van der Waals surface area contributed by atoms with Crippen LogP contribution in [-0.4, -0.2) is 38.0 Å². The SMILES string of the molecule is O=C(c1ccccc1)N1CC(F)(F)CC1c1nncn1Cc1ccccc1. The minimum Gasteiger partial charge on any atom is -0.322 e. The summed E-state index contributed by atoms with van der Waals surface area (Å²) in [5.41, 5.74) is 1.39. The van der Waals surface area contributed by atoms with E-state index in [0.717, 1.165) is 5.56 Å². The Morgan fingerprint density at radius 2 is 1.74 bits per heavy atom.